The second-order valence-electron chi connectivity index (χ2n) is 7.05. The Morgan fingerprint density at radius 1 is 1.04 bits per heavy atom. The highest BCUT2D eigenvalue weighted by atomic mass is 35.5. The van der Waals surface area contributed by atoms with Crippen LogP contribution >= 0.6 is 11.6 Å². The maximum absolute atomic E-state index is 12.7. The molecule has 1 unspecified atom stereocenters. The number of hydrogen-bond acceptors (Lipinski definition) is 3. The Labute approximate surface area is 168 Å². The molecule has 1 heterocycles. The monoisotopic (exact) mass is 399 g/mol. The number of nitrogens with one attached hydrogen (secondary N) is 2. The zero-order valence-electron chi connectivity index (χ0n) is 15.6. The minimum Gasteiger partial charge on any atom is -0.322 e. The standard InChI is InChI=1S/C21H22ClN3O3/c1-21(14-13-15-5-3-2-4-6-15)19(27)25(20(28)23-21)24-18(26)12-9-16-7-10-17(22)11-8-16/h2-8,10-11H,9,12-14H2,1H3,(H,23,28)(H,24,26). The number of halogens is 1. The van der Waals surface area contributed by atoms with E-state index in [1.165, 1.54) is 0 Å². The van der Waals surface area contributed by atoms with Crippen LogP contribution in [-0.4, -0.2) is 28.4 Å². The normalized spacial score (nSPS) is 18.9. The van der Waals surface area contributed by atoms with Gasteiger partial charge in [-0.3, -0.25) is 15.0 Å². The number of imide groups is 1. The summed E-state index contributed by atoms with van der Waals surface area (Å²) < 4.78 is 0. The van der Waals surface area contributed by atoms with Gasteiger partial charge in [0.05, 0.1) is 0 Å². The molecule has 2 aromatic rings. The van der Waals surface area contributed by atoms with Crippen LogP contribution in [0.4, 0.5) is 4.79 Å². The maximum Gasteiger partial charge on any atom is 0.344 e. The summed E-state index contributed by atoms with van der Waals surface area (Å²) in [7, 11) is 0. The number of hydrazine groups is 1. The third-order valence-corrected chi connectivity index (χ3v) is 5.06. The van der Waals surface area contributed by atoms with Gasteiger partial charge in [0.2, 0.25) is 5.91 Å². The second kappa shape index (κ2) is 8.44. The van der Waals surface area contributed by atoms with E-state index in [9.17, 15) is 14.4 Å². The van der Waals surface area contributed by atoms with Gasteiger partial charge >= 0.3 is 6.03 Å². The van der Waals surface area contributed by atoms with Gasteiger partial charge in [-0.2, -0.15) is 5.01 Å². The van der Waals surface area contributed by atoms with Crippen LogP contribution in [0, 0.1) is 0 Å². The number of carbonyl (C=O) groups excluding carboxylic acids is 3. The number of carbonyl (C=O) groups is 3. The fraction of sp³-hybridized carbons (Fsp3) is 0.286. The highest BCUT2D eigenvalue weighted by Crippen LogP contribution is 2.22. The molecule has 0 radical (unpaired) electrons. The van der Waals surface area contributed by atoms with Crippen molar-refractivity contribution < 1.29 is 14.4 Å². The number of rotatable bonds is 7. The van der Waals surface area contributed by atoms with Crippen molar-refractivity contribution in [3.63, 3.8) is 0 Å². The van der Waals surface area contributed by atoms with Gasteiger partial charge in [0.1, 0.15) is 5.54 Å². The molecule has 1 aliphatic heterocycles. The first-order valence-corrected chi connectivity index (χ1v) is 9.50. The molecule has 1 aliphatic rings. The minimum absolute atomic E-state index is 0.152. The summed E-state index contributed by atoms with van der Waals surface area (Å²) >= 11 is 5.84. The summed E-state index contributed by atoms with van der Waals surface area (Å²) in [6.07, 6.45) is 1.72. The van der Waals surface area contributed by atoms with Gasteiger partial charge in [-0.25, -0.2) is 4.79 Å². The number of amides is 4. The highest BCUT2D eigenvalue weighted by molar-refractivity contribution is 6.30. The second-order valence-corrected chi connectivity index (χ2v) is 7.49. The van der Waals surface area contributed by atoms with Crippen LogP contribution in [0.15, 0.2) is 54.6 Å². The SMILES string of the molecule is CC1(CCc2ccccc2)NC(=O)N(NC(=O)CCc2ccc(Cl)cc2)C1=O. The highest BCUT2D eigenvalue weighted by Gasteiger charge is 2.48. The van der Waals surface area contributed by atoms with Crippen molar-refractivity contribution in [2.24, 2.45) is 0 Å². The van der Waals surface area contributed by atoms with E-state index in [2.05, 4.69) is 10.7 Å². The lowest BCUT2D eigenvalue weighted by molar-refractivity contribution is -0.138. The summed E-state index contributed by atoms with van der Waals surface area (Å²) in [5, 5.41) is 4.11. The Balaban J connectivity index is 1.55. The number of nitrogens with zero attached hydrogens (tertiary/aromatic N) is 1. The van der Waals surface area contributed by atoms with Gasteiger partial charge in [-0.1, -0.05) is 54.1 Å². The first-order valence-electron chi connectivity index (χ1n) is 9.12. The summed E-state index contributed by atoms with van der Waals surface area (Å²) in [6.45, 7) is 1.68. The summed E-state index contributed by atoms with van der Waals surface area (Å²) in [5.74, 6) is -0.848. The van der Waals surface area contributed by atoms with Crippen LogP contribution in [0.3, 0.4) is 0 Å². The number of hydrogen-bond donors (Lipinski definition) is 2. The molecule has 28 heavy (non-hydrogen) atoms. The van der Waals surface area contributed by atoms with E-state index in [1.807, 2.05) is 42.5 Å². The fourth-order valence-corrected chi connectivity index (χ4v) is 3.21. The van der Waals surface area contributed by atoms with Crippen molar-refractivity contribution in [2.75, 3.05) is 0 Å². The summed E-state index contributed by atoms with van der Waals surface area (Å²) in [4.78, 5) is 37.2. The zero-order valence-corrected chi connectivity index (χ0v) is 16.3. The molecule has 0 aliphatic carbocycles. The molecule has 2 N–H and O–H groups in total. The number of benzene rings is 2. The first kappa shape index (κ1) is 19.9. The van der Waals surface area contributed by atoms with Crippen LogP contribution in [0.5, 0.6) is 0 Å². The average molecular weight is 400 g/mol. The lowest BCUT2D eigenvalue weighted by atomic mass is 9.93. The van der Waals surface area contributed by atoms with Crippen LogP contribution in [0.1, 0.15) is 30.9 Å². The molecular formula is C21H22ClN3O3. The quantitative estimate of drug-likeness (QED) is 0.701. The molecule has 0 spiro atoms. The molecule has 1 fully saturated rings. The van der Waals surface area contributed by atoms with E-state index in [-0.39, 0.29) is 6.42 Å². The third kappa shape index (κ3) is 4.70. The molecule has 0 aromatic heterocycles. The van der Waals surface area contributed by atoms with Gasteiger partial charge in [-0.15, -0.1) is 0 Å². The molecule has 1 saturated heterocycles. The van der Waals surface area contributed by atoms with Gasteiger partial charge in [-0.05, 0) is 49.4 Å². The van der Waals surface area contributed by atoms with Crippen molar-refractivity contribution in [2.45, 2.75) is 38.1 Å². The Kier molecular flexibility index (Phi) is 5.99. The molecule has 1 atom stereocenters. The Bertz CT molecular complexity index is 870. The summed E-state index contributed by atoms with van der Waals surface area (Å²) in [6, 6.07) is 16.3. The summed E-state index contributed by atoms with van der Waals surface area (Å²) in [5.41, 5.74) is 3.40. The van der Waals surface area contributed by atoms with Crippen molar-refractivity contribution in [3.8, 4) is 0 Å². The molecule has 0 saturated carbocycles. The van der Waals surface area contributed by atoms with E-state index in [0.29, 0.717) is 24.3 Å². The molecule has 0 bridgehead atoms. The molecule has 146 valence electrons. The fourth-order valence-electron chi connectivity index (χ4n) is 3.08. The van der Waals surface area contributed by atoms with Crippen LogP contribution < -0.4 is 10.7 Å². The first-order chi connectivity index (χ1) is 13.4. The van der Waals surface area contributed by atoms with E-state index in [1.54, 1.807) is 19.1 Å². The zero-order chi connectivity index (χ0) is 20.1. The predicted octanol–water partition coefficient (Wildman–Crippen LogP) is 3.25. The Morgan fingerprint density at radius 3 is 2.36 bits per heavy atom. The van der Waals surface area contributed by atoms with Crippen LogP contribution in [-0.2, 0) is 22.4 Å². The lowest BCUT2D eigenvalue weighted by Gasteiger charge is -2.21. The predicted molar refractivity (Wildman–Crippen MR) is 106 cm³/mol. The maximum atomic E-state index is 12.7. The van der Waals surface area contributed by atoms with Crippen molar-refractivity contribution in [1.82, 2.24) is 15.8 Å². The molecular weight excluding hydrogens is 378 g/mol. The van der Waals surface area contributed by atoms with Crippen LogP contribution in [0.25, 0.3) is 0 Å². The topological polar surface area (TPSA) is 78.5 Å². The average Bonchev–Trinajstić information content (AvgIpc) is 2.90. The molecule has 4 amide bonds. The minimum atomic E-state index is -1.05. The van der Waals surface area contributed by atoms with Gasteiger partial charge in [0.25, 0.3) is 5.91 Å². The Hall–Kier alpha value is -2.86. The van der Waals surface area contributed by atoms with Gasteiger partial charge in [0, 0.05) is 11.4 Å². The molecule has 3 rings (SSSR count). The van der Waals surface area contributed by atoms with Crippen molar-refractivity contribution in [1.29, 1.82) is 0 Å². The van der Waals surface area contributed by atoms with E-state index in [4.69, 9.17) is 11.6 Å². The largest absolute Gasteiger partial charge is 0.344 e. The molecule has 6 nitrogen and oxygen atoms in total. The smallest absolute Gasteiger partial charge is 0.322 e. The van der Waals surface area contributed by atoms with Crippen LogP contribution in [0.2, 0.25) is 5.02 Å². The molecule has 2 aromatic carbocycles. The van der Waals surface area contributed by atoms with E-state index >= 15 is 0 Å². The Morgan fingerprint density at radius 2 is 1.68 bits per heavy atom. The van der Waals surface area contributed by atoms with E-state index < -0.39 is 23.4 Å². The van der Waals surface area contributed by atoms with Crippen molar-refractivity contribution >= 4 is 29.4 Å². The molecule has 7 heteroatoms. The number of aryl methyl sites for hydroxylation is 2. The van der Waals surface area contributed by atoms with Gasteiger partial charge < -0.3 is 5.32 Å². The van der Waals surface area contributed by atoms with Gasteiger partial charge in [0.15, 0.2) is 0 Å². The lowest BCUT2D eigenvalue weighted by Crippen LogP contribution is -2.49. The number of urea groups is 1. The van der Waals surface area contributed by atoms with E-state index in [0.717, 1.165) is 16.1 Å². The third-order valence-electron chi connectivity index (χ3n) is 4.81. The van der Waals surface area contributed by atoms with Crippen molar-refractivity contribution in [3.05, 3.63) is 70.7 Å².